The van der Waals surface area contributed by atoms with E-state index in [9.17, 15) is 4.79 Å². The first-order valence-electron chi connectivity index (χ1n) is 6.82. The molecular weight excluding hydrogens is 270 g/mol. The zero-order valence-corrected chi connectivity index (χ0v) is 11.2. The molecule has 0 saturated heterocycles. The number of aliphatic imine (C=N–C) groups is 2. The van der Waals surface area contributed by atoms with Crippen LogP contribution in [0.4, 0.5) is 5.82 Å². The van der Waals surface area contributed by atoms with E-state index < -0.39 is 0 Å². The minimum Gasteiger partial charge on any atom is -0.463 e. The van der Waals surface area contributed by atoms with Gasteiger partial charge in [-0.1, -0.05) is 0 Å². The first-order valence-corrected chi connectivity index (χ1v) is 6.82. The van der Waals surface area contributed by atoms with Gasteiger partial charge < -0.3 is 10.2 Å². The molecule has 1 atom stereocenters. The molecule has 4 rings (SSSR count). The Balaban J connectivity index is 1.76. The van der Waals surface area contributed by atoms with Crippen LogP contribution in [0, 0.1) is 5.92 Å². The Morgan fingerprint density at radius 1 is 1.38 bits per heavy atom. The molecular formula is C14H13N5O2. The number of carbonyl (C=O) groups excluding carboxylic acids is 1. The average molecular weight is 283 g/mol. The van der Waals surface area contributed by atoms with Crippen molar-refractivity contribution in [2.24, 2.45) is 15.9 Å². The maximum Gasteiger partial charge on any atom is 0.257 e. The third kappa shape index (κ3) is 1.89. The highest BCUT2D eigenvalue weighted by Gasteiger charge is 2.33. The Morgan fingerprint density at radius 2 is 2.29 bits per heavy atom. The minimum absolute atomic E-state index is 0.143. The second-order valence-corrected chi connectivity index (χ2v) is 5.14. The number of fused-ring (bicyclic) bond motifs is 1. The van der Waals surface area contributed by atoms with Gasteiger partial charge in [0.2, 0.25) is 0 Å². The number of nitrogens with zero attached hydrogens (tertiary/aromatic N) is 4. The van der Waals surface area contributed by atoms with Gasteiger partial charge in [-0.3, -0.25) is 4.79 Å². The minimum atomic E-state index is -0.151. The Kier molecular flexibility index (Phi) is 2.53. The smallest absolute Gasteiger partial charge is 0.257 e. The highest BCUT2D eigenvalue weighted by Crippen LogP contribution is 2.28. The molecule has 2 aromatic heterocycles. The van der Waals surface area contributed by atoms with Gasteiger partial charge in [0.25, 0.3) is 11.9 Å². The molecule has 21 heavy (non-hydrogen) atoms. The number of amides is 1. The van der Waals surface area contributed by atoms with Crippen LogP contribution in [-0.4, -0.2) is 27.4 Å². The molecule has 1 fully saturated rings. The summed E-state index contributed by atoms with van der Waals surface area (Å²) in [6.07, 6.45) is 4.21. The SMILES string of the molecule is Nc1cc(-c2ccco2)nn1C1=NC(=O)C2CCCC2=N1. The summed E-state index contributed by atoms with van der Waals surface area (Å²) in [6.45, 7) is 0. The zero-order chi connectivity index (χ0) is 14.4. The lowest BCUT2D eigenvalue weighted by atomic mass is 10.1. The van der Waals surface area contributed by atoms with E-state index in [1.54, 1.807) is 24.5 Å². The van der Waals surface area contributed by atoms with Gasteiger partial charge in [0.1, 0.15) is 11.5 Å². The number of rotatable bonds is 1. The average Bonchev–Trinajstić information content (AvgIpc) is 3.17. The van der Waals surface area contributed by atoms with Crippen LogP contribution in [0.3, 0.4) is 0 Å². The zero-order valence-electron chi connectivity index (χ0n) is 11.2. The van der Waals surface area contributed by atoms with Crippen LogP contribution < -0.4 is 5.73 Å². The van der Waals surface area contributed by atoms with E-state index in [0.29, 0.717) is 17.3 Å². The first-order chi connectivity index (χ1) is 10.2. The molecule has 2 N–H and O–H groups in total. The van der Waals surface area contributed by atoms with Crippen LogP contribution in [0.2, 0.25) is 0 Å². The summed E-state index contributed by atoms with van der Waals surface area (Å²) in [6, 6.07) is 5.24. The molecule has 0 radical (unpaired) electrons. The van der Waals surface area contributed by atoms with Gasteiger partial charge in [-0.2, -0.15) is 14.8 Å². The Labute approximate surface area is 120 Å². The van der Waals surface area contributed by atoms with Crippen molar-refractivity contribution >= 4 is 23.4 Å². The number of aromatic nitrogens is 2. The van der Waals surface area contributed by atoms with Gasteiger partial charge in [0, 0.05) is 11.8 Å². The van der Waals surface area contributed by atoms with E-state index in [-0.39, 0.29) is 17.8 Å². The van der Waals surface area contributed by atoms with E-state index in [0.717, 1.165) is 25.0 Å². The maximum absolute atomic E-state index is 12.0. The number of furan rings is 1. The monoisotopic (exact) mass is 283 g/mol. The lowest BCUT2D eigenvalue weighted by Crippen LogP contribution is -2.28. The van der Waals surface area contributed by atoms with Crippen LogP contribution in [0.5, 0.6) is 0 Å². The fourth-order valence-electron chi connectivity index (χ4n) is 2.75. The van der Waals surface area contributed by atoms with Crippen molar-refractivity contribution < 1.29 is 9.21 Å². The molecule has 1 saturated carbocycles. The number of nitrogen functional groups attached to an aromatic ring is 1. The lowest BCUT2D eigenvalue weighted by molar-refractivity contribution is -0.119. The molecule has 2 aromatic rings. The van der Waals surface area contributed by atoms with E-state index >= 15 is 0 Å². The standard InChI is InChI=1S/C14H13N5O2/c15-12-7-10(11-5-2-6-21-11)18-19(12)14-16-9-4-1-3-8(9)13(20)17-14/h2,5-8H,1,3-4,15H2. The summed E-state index contributed by atoms with van der Waals surface area (Å²) in [5, 5.41) is 4.33. The van der Waals surface area contributed by atoms with Crippen LogP contribution in [0.25, 0.3) is 11.5 Å². The van der Waals surface area contributed by atoms with Crippen molar-refractivity contribution in [1.29, 1.82) is 0 Å². The molecule has 106 valence electrons. The second kappa shape index (κ2) is 4.41. The molecule has 1 aliphatic carbocycles. The molecule has 0 bridgehead atoms. The van der Waals surface area contributed by atoms with Crippen molar-refractivity contribution in [3.63, 3.8) is 0 Å². The normalized spacial score (nSPS) is 21.1. The molecule has 0 spiro atoms. The van der Waals surface area contributed by atoms with Crippen molar-refractivity contribution in [3.05, 3.63) is 24.5 Å². The fourth-order valence-corrected chi connectivity index (χ4v) is 2.75. The number of hydrogen-bond acceptors (Lipinski definition) is 5. The van der Waals surface area contributed by atoms with E-state index in [1.807, 2.05) is 0 Å². The Morgan fingerprint density at radius 3 is 3.10 bits per heavy atom. The van der Waals surface area contributed by atoms with Crippen molar-refractivity contribution in [2.75, 3.05) is 5.73 Å². The number of hydrogen-bond donors (Lipinski definition) is 1. The number of nitrogens with two attached hydrogens (primary N) is 1. The Hall–Kier alpha value is -2.70. The summed E-state index contributed by atoms with van der Waals surface area (Å²) in [4.78, 5) is 20.5. The summed E-state index contributed by atoms with van der Waals surface area (Å²) in [5.41, 5.74) is 7.43. The molecule has 1 aliphatic heterocycles. The molecule has 3 heterocycles. The summed E-state index contributed by atoms with van der Waals surface area (Å²) in [5.74, 6) is 0.920. The number of carbonyl (C=O) groups is 1. The molecule has 1 amide bonds. The topological polar surface area (TPSA) is 98.8 Å². The first kappa shape index (κ1) is 12.1. The quantitative estimate of drug-likeness (QED) is 0.861. The van der Waals surface area contributed by atoms with E-state index in [4.69, 9.17) is 10.2 Å². The second-order valence-electron chi connectivity index (χ2n) is 5.14. The van der Waals surface area contributed by atoms with Gasteiger partial charge in [-0.05, 0) is 31.4 Å². The predicted octanol–water partition coefficient (Wildman–Crippen LogP) is 1.71. The number of anilines is 1. The largest absolute Gasteiger partial charge is 0.463 e. The van der Waals surface area contributed by atoms with Crippen molar-refractivity contribution in [3.8, 4) is 11.5 Å². The molecule has 7 heteroatoms. The fraction of sp³-hybridized carbons (Fsp3) is 0.286. The van der Waals surface area contributed by atoms with Gasteiger partial charge in [0.15, 0.2) is 5.76 Å². The third-order valence-electron chi connectivity index (χ3n) is 3.78. The summed E-state index contributed by atoms with van der Waals surface area (Å²) in [7, 11) is 0. The summed E-state index contributed by atoms with van der Waals surface area (Å²) < 4.78 is 6.68. The third-order valence-corrected chi connectivity index (χ3v) is 3.78. The van der Waals surface area contributed by atoms with Crippen LogP contribution in [0.15, 0.2) is 38.9 Å². The van der Waals surface area contributed by atoms with Gasteiger partial charge in [-0.15, -0.1) is 0 Å². The maximum atomic E-state index is 12.0. The van der Waals surface area contributed by atoms with Crippen LogP contribution >= 0.6 is 0 Å². The van der Waals surface area contributed by atoms with Gasteiger partial charge in [0.05, 0.1) is 12.2 Å². The summed E-state index contributed by atoms with van der Waals surface area (Å²) >= 11 is 0. The predicted molar refractivity (Wildman–Crippen MR) is 77.0 cm³/mol. The van der Waals surface area contributed by atoms with Gasteiger partial charge in [-0.25, -0.2) is 4.99 Å². The van der Waals surface area contributed by atoms with Crippen LogP contribution in [-0.2, 0) is 4.79 Å². The molecule has 1 unspecified atom stereocenters. The molecule has 2 aliphatic rings. The molecule has 7 nitrogen and oxygen atoms in total. The van der Waals surface area contributed by atoms with Crippen molar-refractivity contribution in [1.82, 2.24) is 9.78 Å². The highest BCUT2D eigenvalue weighted by atomic mass is 16.3. The van der Waals surface area contributed by atoms with Crippen molar-refractivity contribution in [2.45, 2.75) is 19.3 Å². The Bertz CT molecular complexity index is 769. The highest BCUT2D eigenvalue weighted by molar-refractivity contribution is 6.16. The van der Waals surface area contributed by atoms with Crippen LogP contribution in [0.1, 0.15) is 19.3 Å². The van der Waals surface area contributed by atoms with Gasteiger partial charge >= 0.3 is 0 Å². The van der Waals surface area contributed by atoms with E-state index in [2.05, 4.69) is 15.1 Å². The molecule has 0 aromatic carbocycles. The lowest BCUT2D eigenvalue weighted by Gasteiger charge is -2.14. The van der Waals surface area contributed by atoms with E-state index in [1.165, 1.54) is 4.68 Å².